The van der Waals surface area contributed by atoms with Crippen LogP contribution >= 0.6 is 11.8 Å². The first-order chi connectivity index (χ1) is 8.27. The predicted octanol–water partition coefficient (Wildman–Crippen LogP) is 3.32. The monoisotopic (exact) mass is 242 g/mol. The Balaban J connectivity index is 2.63. The van der Waals surface area contributed by atoms with E-state index >= 15 is 0 Å². The molecule has 0 spiro atoms. The van der Waals surface area contributed by atoms with Crippen molar-refractivity contribution in [3.8, 4) is 6.07 Å². The third-order valence-electron chi connectivity index (χ3n) is 2.53. The maximum atomic E-state index is 9.29. The molecule has 0 saturated carbocycles. The van der Waals surface area contributed by atoms with Crippen molar-refractivity contribution in [3.63, 3.8) is 0 Å². The second-order valence-electron chi connectivity index (χ2n) is 3.54. The summed E-state index contributed by atoms with van der Waals surface area (Å²) < 4.78 is 0. The number of nitrogens with zero attached hydrogens (tertiary/aromatic N) is 2. The van der Waals surface area contributed by atoms with Gasteiger partial charge in [0.25, 0.3) is 0 Å². The molecule has 0 unspecified atom stereocenters. The highest BCUT2D eigenvalue weighted by Gasteiger charge is 2.18. The van der Waals surface area contributed by atoms with Crippen molar-refractivity contribution in [1.29, 1.82) is 5.26 Å². The van der Waals surface area contributed by atoms with E-state index in [9.17, 15) is 5.26 Å². The number of allylic oxidation sites excluding steroid dienone is 2. The third-order valence-corrected chi connectivity index (χ3v) is 3.33. The lowest BCUT2D eigenvalue weighted by Crippen LogP contribution is -1.96. The molecule has 0 radical (unpaired) electrons. The van der Waals surface area contributed by atoms with Crippen LogP contribution in [-0.2, 0) is 0 Å². The molecule has 4 heteroatoms. The predicted molar refractivity (Wildman–Crippen MR) is 69.7 cm³/mol. The van der Waals surface area contributed by atoms with E-state index in [0.717, 1.165) is 11.1 Å². The summed E-state index contributed by atoms with van der Waals surface area (Å²) in [6.07, 6.45) is 1.80. The summed E-state index contributed by atoms with van der Waals surface area (Å²) in [7, 11) is 0. The van der Waals surface area contributed by atoms with Crippen LogP contribution < -0.4 is 0 Å². The van der Waals surface area contributed by atoms with Gasteiger partial charge in [-0.2, -0.15) is 5.26 Å². The Labute approximate surface area is 104 Å². The Hall–Kier alpha value is -1.99. The summed E-state index contributed by atoms with van der Waals surface area (Å²) in [5, 5.41) is 23.6. The minimum Gasteiger partial charge on any atom is -0.410 e. The fourth-order valence-corrected chi connectivity index (χ4v) is 2.37. The van der Waals surface area contributed by atoms with Crippen molar-refractivity contribution < 1.29 is 5.21 Å². The lowest BCUT2D eigenvalue weighted by molar-refractivity contribution is 0.321. The third kappa shape index (κ3) is 2.10. The van der Waals surface area contributed by atoms with Gasteiger partial charge in [0.1, 0.15) is 11.1 Å². The molecular formula is C13H10N2OS. The molecule has 0 fully saturated rings. The Bertz CT molecular complexity index is 579. The van der Waals surface area contributed by atoms with Gasteiger partial charge in [0.2, 0.25) is 0 Å². The second-order valence-corrected chi connectivity index (χ2v) is 4.44. The quantitative estimate of drug-likeness (QED) is 0.467. The van der Waals surface area contributed by atoms with Crippen molar-refractivity contribution in [2.24, 2.45) is 5.16 Å². The van der Waals surface area contributed by atoms with E-state index in [4.69, 9.17) is 5.21 Å². The van der Waals surface area contributed by atoms with E-state index in [0.29, 0.717) is 16.2 Å². The van der Waals surface area contributed by atoms with Crippen molar-refractivity contribution in [1.82, 2.24) is 0 Å². The molecule has 0 saturated heterocycles. The average Bonchev–Trinajstić information content (AvgIpc) is 2.81. The first-order valence-electron chi connectivity index (χ1n) is 5.04. The van der Waals surface area contributed by atoms with Crippen LogP contribution in [0.1, 0.15) is 11.1 Å². The van der Waals surface area contributed by atoms with Gasteiger partial charge >= 0.3 is 0 Å². The van der Waals surface area contributed by atoms with Crippen LogP contribution in [0.3, 0.4) is 0 Å². The van der Waals surface area contributed by atoms with Gasteiger partial charge in [-0.1, -0.05) is 41.2 Å². The molecule has 17 heavy (non-hydrogen) atoms. The van der Waals surface area contributed by atoms with Gasteiger partial charge in [-0.05, 0) is 29.5 Å². The van der Waals surface area contributed by atoms with Gasteiger partial charge in [-0.3, -0.25) is 0 Å². The molecule has 0 aliphatic carbocycles. The molecule has 84 valence electrons. The number of nitriles is 1. The van der Waals surface area contributed by atoms with E-state index in [-0.39, 0.29) is 0 Å². The number of rotatable bonds is 1. The van der Waals surface area contributed by atoms with E-state index in [1.165, 1.54) is 11.8 Å². The standard InChI is InChI=1S/C13H10N2OS/c1-9-4-2-3-5-10(9)12(8-14)11-6-7-17-13(11)15-16/h2-7,16H,1H3/b12-11+,15-13?. The topological polar surface area (TPSA) is 56.4 Å². The minimum absolute atomic E-state index is 0.463. The zero-order valence-electron chi connectivity index (χ0n) is 9.21. The van der Waals surface area contributed by atoms with Crippen molar-refractivity contribution in [3.05, 3.63) is 52.4 Å². The summed E-state index contributed by atoms with van der Waals surface area (Å²) in [6.45, 7) is 1.95. The molecule has 1 aliphatic heterocycles. The van der Waals surface area contributed by atoms with Crippen molar-refractivity contribution in [2.75, 3.05) is 0 Å². The highest BCUT2D eigenvalue weighted by Crippen LogP contribution is 2.31. The SMILES string of the molecule is Cc1ccccc1/C(C#N)=C1\C=CSC1=NO. The first kappa shape index (κ1) is 11.5. The lowest BCUT2D eigenvalue weighted by Gasteiger charge is -2.06. The van der Waals surface area contributed by atoms with Crippen molar-refractivity contribution >= 4 is 22.4 Å². The molecule has 0 bridgehead atoms. The fourth-order valence-electron chi connectivity index (χ4n) is 1.69. The Morgan fingerprint density at radius 3 is 2.82 bits per heavy atom. The van der Waals surface area contributed by atoms with E-state index < -0.39 is 0 Å². The summed E-state index contributed by atoms with van der Waals surface area (Å²) in [5.74, 6) is 0. The molecule has 3 nitrogen and oxygen atoms in total. The number of benzene rings is 1. The molecule has 1 aromatic carbocycles. The number of aryl methyl sites for hydroxylation is 1. The smallest absolute Gasteiger partial charge is 0.148 e. The van der Waals surface area contributed by atoms with Crippen LogP contribution in [0.25, 0.3) is 5.57 Å². The molecular weight excluding hydrogens is 232 g/mol. The zero-order valence-corrected chi connectivity index (χ0v) is 10.0. The van der Waals surface area contributed by atoms with E-state index in [1.807, 2.05) is 31.2 Å². The van der Waals surface area contributed by atoms with Crippen molar-refractivity contribution in [2.45, 2.75) is 6.92 Å². The number of thioether (sulfide) groups is 1. The molecule has 0 atom stereocenters. The van der Waals surface area contributed by atoms with Gasteiger partial charge in [0, 0.05) is 5.57 Å². The maximum absolute atomic E-state index is 9.29. The van der Waals surface area contributed by atoms with Crippen LogP contribution in [0.4, 0.5) is 0 Å². The zero-order chi connectivity index (χ0) is 12.3. The Morgan fingerprint density at radius 1 is 1.41 bits per heavy atom. The molecule has 1 heterocycles. The van der Waals surface area contributed by atoms with Gasteiger partial charge in [-0.15, -0.1) is 0 Å². The molecule has 0 aromatic heterocycles. The molecule has 1 aliphatic rings. The van der Waals surface area contributed by atoms with E-state index in [1.54, 1.807) is 11.5 Å². The largest absolute Gasteiger partial charge is 0.410 e. The summed E-state index contributed by atoms with van der Waals surface area (Å²) in [4.78, 5) is 0. The fraction of sp³-hybridized carbons (Fsp3) is 0.0769. The Kier molecular flexibility index (Phi) is 3.31. The first-order valence-corrected chi connectivity index (χ1v) is 5.92. The minimum atomic E-state index is 0.463. The highest BCUT2D eigenvalue weighted by molar-refractivity contribution is 8.17. The molecule has 1 aromatic rings. The number of oxime groups is 1. The van der Waals surface area contributed by atoms with Gasteiger partial charge in [0.05, 0.1) is 5.57 Å². The normalized spacial score (nSPS) is 19.4. The van der Waals surface area contributed by atoms with Gasteiger partial charge < -0.3 is 5.21 Å². The van der Waals surface area contributed by atoms with E-state index in [2.05, 4.69) is 11.2 Å². The Morgan fingerprint density at radius 2 is 2.18 bits per heavy atom. The van der Waals surface area contributed by atoms with Crippen LogP contribution in [0, 0.1) is 18.3 Å². The van der Waals surface area contributed by atoms with Crippen LogP contribution in [0.15, 0.2) is 46.5 Å². The summed E-state index contributed by atoms with van der Waals surface area (Å²) >= 11 is 1.31. The average molecular weight is 242 g/mol. The number of hydrogen-bond donors (Lipinski definition) is 1. The number of hydrogen-bond acceptors (Lipinski definition) is 4. The van der Waals surface area contributed by atoms with Crippen LogP contribution in [-0.4, -0.2) is 10.3 Å². The second kappa shape index (κ2) is 4.89. The van der Waals surface area contributed by atoms with Crippen LogP contribution in [0.5, 0.6) is 0 Å². The maximum Gasteiger partial charge on any atom is 0.148 e. The summed E-state index contributed by atoms with van der Waals surface area (Å²) in [6, 6.07) is 9.86. The summed E-state index contributed by atoms with van der Waals surface area (Å²) in [5.41, 5.74) is 3.11. The highest BCUT2D eigenvalue weighted by atomic mass is 32.2. The molecule has 1 N–H and O–H groups in total. The molecule has 2 rings (SSSR count). The lowest BCUT2D eigenvalue weighted by atomic mass is 9.97. The van der Waals surface area contributed by atoms with Gasteiger partial charge in [-0.25, -0.2) is 0 Å². The van der Waals surface area contributed by atoms with Gasteiger partial charge in [0.15, 0.2) is 0 Å². The molecule has 0 amide bonds. The van der Waals surface area contributed by atoms with Crippen LogP contribution in [0.2, 0.25) is 0 Å².